The molecule has 1 heterocycles. The van der Waals surface area contributed by atoms with E-state index in [0.29, 0.717) is 31.6 Å². The molecule has 1 amide bonds. The minimum atomic E-state index is -4.55. The van der Waals surface area contributed by atoms with Crippen molar-refractivity contribution in [2.75, 3.05) is 25.0 Å². The lowest BCUT2D eigenvalue weighted by Gasteiger charge is -2.20. The zero-order valence-corrected chi connectivity index (χ0v) is 13.3. The maximum Gasteiger partial charge on any atom is 0.417 e. The molecule has 4 nitrogen and oxygen atoms in total. The van der Waals surface area contributed by atoms with Crippen LogP contribution < -0.4 is 5.32 Å². The summed E-state index contributed by atoms with van der Waals surface area (Å²) in [5.74, 6) is 0.158. The van der Waals surface area contributed by atoms with E-state index in [1.54, 1.807) is 6.07 Å². The normalized spacial score (nSPS) is 15.8. The molecule has 130 valence electrons. The van der Waals surface area contributed by atoms with Gasteiger partial charge in [0.25, 0.3) is 0 Å². The van der Waals surface area contributed by atoms with Crippen molar-refractivity contribution in [3.63, 3.8) is 0 Å². The van der Waals surface area contributed by atoms with Crippen LogP contribution in [-0.4, -0.2) is 30.4 Å². The van der Waals surface area contributed by atoms with Gasteiger partial charge >= 0.3 is 6.18 Å². The molecule has 1 aliphatic rings. The van der Waals surface area contributed by atoms with Crippen LogP contribution in [0.1, 0.15) is 43.2 Å². The van der Waals surface area contributed by atoms with Gasteiger partial charge in [-0.25, -0.2) is 0 Å². The Bertz CT molecular complexity index is 622. The molecule has 0 atom stereocenters. The minimum Gasteiger partial charge on any atom is -0.385 e. The van der Waals surface area contributed by atoms with E-state index >= 15 is 0 Å². The van der Waals surface area contributed by atoms with Crippen molar-refractivity contribution < 1.29 is 18.0 Å². The van der Waals surface area contributed by atoms with E-state index in [1.165, 1.54) is 12.1 Å². The second-order valence-electron chi connectivity index (χ2n) is 5.84. The number of hydrogen-bond acceptors (Lipinski definition) is 3. The molecule has 1 aromatic rings. The van der Waals surface area contributed by atoms with Crippen molar-refractivity contribution in [1.29, 1.82) is 5.26 Å². The van der Waals surface area contributed by atoms with Crippen LogP contribution in [0.4, 0.5) is 18.9 Å². The van der Waals surface area contributed by atoms with Gasteiger partial charge in [-0.05, 0) is 37.5 Å². The van der Waals surface area contributed by atoms with E-state index in [0.717, 1.165) is 31.9 Å². The van der Waals surface area contributed by atoms with Crippen LogP contribution in [0.2, 0.25) is 0 Å². The summed E-state index contributed by atoms with van der Waals surface area (Å²) in [4.78, 5) is 13.7. The topological polar surface area (TPSA) is 56.1 Å². The monoisotopic (exact) mass is 339 g/mol. The fourth-order valence-corrected chi connectivity index (χ4v) is 2.76. The number of amides is 1. The Hall–Kier alpha value is -2.23. The molecule has 0 bridgehead atoms. The smallest absolute Gasteiger partial charge is 0.385 e. The zero-order chi connectivity index (χ0) is 17.6. The first-order valence-corrected chi connectivity index (χ1v) is 8.05. The van der Waals surface area contributed by atoms with Crippen LogP contribution in [0.5, 0.6) is 0 Å². The van der Waals surface area contributed by atoms with E-state index in [1.807, 2.05) is 4.90 Å². The van der Waals surface area contributed by atoms with Crippen LogP contribution in [0.25, 0.3) is 0 Å². The highest BCUT2D eigenvalue weighted by Crippen LogP contribution is 2.33. The molecule has 0 spiro atoms. The lowest BCUT2D eigenvalue weighted by atomic mass is 10.1. The van der Waals surface area contributed by atoms with Crippen LogP contribution in [0.3, 0.4) is 0 Å². The summed E-state index contributed by atoms with van der Waals surface area (Å²) in [6.07, 6.45) is -0.318. The highest BCUT2D eigenvalue weighted by molar-refractivity contribution is 5.76. The number of carbonyl (C=O) groups excluding carboxylic acids is 1. The molecule has 1 fully saturated rings. The number of hydrogen-bond donors (Lipinski definition) is 1. The quantitative estimate of drug-likeness (QED) is 0.831. The number of nitrogens with one attached hydrogen (secondary N) is 1. The number of likely N-dealkylation sites (tertiary alicyclic amines) is 1. The Balaban J connectivity index is 1.88. The summed E-state index contributed by atoms with van der Waals surface area (Å²) in [5, 5.41) is 11.7. The van der Waals surface area contributed by atoms with Crippen molar-refractivity contribution in [3.8, 4) is 6.07 Å². The standard InChI is InChI=1S/C17H20F3N3O/c18-17(19,20)15-11-14(7-6-13(15)12-21)22-8-4-10-23-9-3-1-2-5-16(23)24/h6-7,11,22H,1-5,8-10H2. The minimum absolute atomic E-state index is 0.158. The van der Waals surface area contributed by atoms with Gasteiger partial charge in [-0.3, -0.25) is 4.79 Å². The Kier molecular flexibility index (Phi) is 6.07. The fourth-order valence-electron chi connectivity index (χ4n) is 2.76. The highest BCUT2D eigenvalue weighted by atomic mass is 19.4. The lowest BCUT2D eigenvalue weighted by molar-refractivity contribution is -0.137. The van der Waals surface area contributed by atoms with E-state index in [4.69, 9.17) is 5.26 Å². The molecule has 1 aromatic carbocycles. The molecule has 24 heavy (non-hydrogen) atoms. The SMILES string of the molecule is N#Cc1ccc(NCCCN2CCCCCC2=O)cc1C(F)(F)F. The Morgan fingerprint density at radius 3 is 2.75 bits per heavy atom. The molecule has 7 heteroatoms. The number of alkyl halides is 3. The van der Waals surface area contributed by atoms with E-state index < -0.39 is 11.7 Å². The molecule has 0 saturated carbocycles. The van der Waals surface area contributed by atoms with Gasteiger partial charge in [0, 0.05) is 31.7 Å². The summed E-state index contributed by atoms with van der Waals surface area (Å²) < 4.78 is 38.7. The number of benzene rings is 1. The average molecular weight is 339 g/mol. The first-order valence-electron chi connectivity index (χ1n) is 8.05. The summed E-state index contributed by atoms with van der Waals surface area (Å²) >= 11 is 0. The third-order valence-electron chi connectivity index (χ3n) is 4.05. The molecular formula is C17H20F3N3O. The number of nitrogens with zero attached hydrogens (tertiary/aromatic N) is 2. The third kappa shape index (κ3) is 4.88. The van der Waals surface area contributed by atoms with Gasteiger partial charge in [-0.1, -0.05) is 6.42 Å². The number of rotatable bonds is 5. The van der Waals surface area contributed by atoms with Gasteiger partial charge in [0.15, 0.2) is 0 Å². The molecular weight excluding hydrogens is 319 g/mol. The Labute approximate surface area is 139 Å². The van der Waals surface area contributed by atoms with Gasteiger partial charge in [0.2, 0.25) is 5.91 Å². The average Bonchev–Trinajstić information content (AvgIpc) is 2.75. The summed E-state index contributed by atoms with van der Waals surface area (Å²) in [7, 11) is 0. The fraction of sp³-hybridized carbons (Fsp3) is 0.529. The number of carbonyl (C=O) groups is 1. The predicted molar refractivity (Wildman–Crippen MR) is 84.3 cm³/mol. The highest BCUT2D eigenvalue weighted by Gasteiger charge is 2.33. The molecule has 0 aromatic heterocycles. The van der Waals surface area contributed by atoms with Crippen LogP contribution in [0, 0.1) is 11.3 Å². The molecule has 2 rings (SSSR count). The van der Waals surface area contributed by atoms with Crippen molar-refractivity contribution >= 4 is 11.6 Å². The third-order valence-corrected chi connectivity index (χ3v) is 4.05. The summed E-state index contributed by atoms with van der Waals surface area (Å²) in [6.45, 7) is 1.83. The van der Waals surface area contributed by atoms with E-state index in [2.05, 4.69) is 5.32 Å². The van der Waals surface area contributed by atoms with Crippen LogP contribution >= 0.6 is 0 Å². The first-order chi connectivity index (χ1) is 11.4. The summed E-state index contributed by atoms with van der Waals surface area (Å²) in [5.41, 5.74) is -0.996. The molecule has 0 aliphatic carbocycles. The van der Waals surface area contributed by atoms with Crippen molar-refractivity contribution in [1.82, 2.24) is 4.90 Å². The lowest BCUT2D eigenvalue weighted by Crippen LogP contribution is -2.32. The summed E-state index contributed by atoms with van der Waals surface area (Å²) in [6, 6.07) is 5.15. The number of halogens is 3. The van der Waals surface area contributed by atoms with Gasteiger partial charge in [-0.2, -0.15) is 18.4 Å². The molecule has 1 N–H and O–H groups in total. The predicted octanol–water partition coefficient (Wildman–Crippen LogP) is 3.78. The van der Waals surface area contributed by atoms with Crippen molar-refractivity contribution in [3.05, 3.63) is 29.3 Å². The van der Waals surface area contributed by atoms with Crippen LogP contribution in [0.15, 0.2) is 18.2 Å². The molecule has 1 aliphatic heterocycles. The van der Waals surface area contributed by atoms with E-state index in [9.17, 15) is 18.0 Å². The largest absolute Gasteiger partial charge is 0.417 e. The van der Waals surface area contributed by atoms with E-state index in [-0.39, 0.29) is 11.5 Å². The maximum absolute atomic E-state index is 12.9. The van der Waals surface area contributed by atoms with Crippen molar-refractivity contribution in [2.24, 2.45) is 0 Å². The second kappa shape index (κ2) is 8.04. The maximum atomic E-state index is 12.9. The first kappa shape index (κ1) is 18.1. The number of anilines is 1. The van der Waals surface area contributed by atoms with Crippen molar-refractivity contribution in [2.45, 2.75) is 38.3 Å². The zero-order valence-electron chi connectivity index (χ0n) is 13.3. The van der Waals surface area contributed by atoms with Gasteiger partial charge in [0.05, 0.1) is 17.2 Å². The molecule has 1 saturated heterocycles. The number of nitriles is 1. The Morgan fingerprint density at radius 1 is 1.25 bits per heavy atom. The Morgan fingerprint density at radius 2 is 2.04 bits per heavy atom. The second-order valence-corrected chi connectivity index (χ2v) is 5.84. The van der Waals surface area contributed by atoms with Gasteiger partial charge in [0.1, 0.15) is 0 Å². The molecule has 0 unspecified atom stereocenters. The van der Waals surface area contributed by atoms with Gasteiger partial charge in [-0.15, -0.1) is 0 Å². The van der Waals surface area contributed by atoms with Crippen LogP contribution in [-0.2, 0) is 11.0 Å². The molecule has 0 radical (unpaired) electrons. The van der Waals surface area contributed by atoms with Gasteiger partial charge < -0.3 is 10.2 Å².